The molecule has 2 rings (SSSR count). The van der Waals surface area contributed by atoms with Gasteiger partial charge < -0.3 is 21.3 Å². The SMILES string of the molecule is CC(C)C(NC(=O)c1ccc(F)cc1)C(=O)NCCCN1CCCC(C(N)=O)C1. The topological polar surface area (TPSA) is 105 Å². The van der Waals surface area contributed by atoms with Gasteiger partial charge >= 0.3 is 0 Å². The molecule has 4 N–H and O–H groups in total. The van der Waals surface area contributed by atoms with Gasteiger partial charge in [-0.05, 0) is 62.5 Å². The number of halogens is 1. The molecule has 2 unspecified atom stereocenters. The molecular formula is C21H31FN4O3. The molecule has 1 aliphatic rings. The number of benzene rings is 1. The van der Waals surface area contributed by atoms with Crippen molar-refractivity contribution in [3.63, 3.8) is 0 Å². The van der Waals surface area contributed by atoms with Crippen LogP contribution in [-0.4, -0.2) is 54.8 Å². The quantitative estimate of drug-likeness (QED) is 0.538. The van der Waals surface area contributed by atoms with Crippen LogP contribution in [0.25, 0.3) is 0 Å². The first kappa shape index (κ1) is 22.8. The molecule has 0 bridgehead atoms. The number of carbonyl (C=O) groups is 3. The Hall–Kier alpha value is -2.48. The molecule has 1 heterocycles. The van der Waals surface area contributed by atoms with Crippen LogP contribution in [0.4, 0.5) is 4.39 Å². The van der Waals surface area contributed by atoms with Crippen molar-refractivity contribution in [2.24, 2.45) is 17.6 Å². The standard InChI is InChI=1S/C21H31FN4O3/c1-14(2)18(25-20(28)15-6-8-17(22)9-7-15)21(29)24-10-4-12-26-11-3-5-16(13-26)19(23)27/h6-9,14,16,18H,3-5,10-13H2,1-2H3,(H2,23,27)(H,24,29)(H,25,28). The number of piperidine rings is 1. The Morgan fingerprint density at radius 3 is 2.55 bits per heavy atom. The number of hydrogen-bond donors (Lipinski definition) is 3. The molecule has 0 aromatic heterocycles. The van der Waals surface area contributed by atoms with Crippen LogP contribution in [-0.2, 0) is 9.59 Å². The third-order valence-corrected chi connectivity index (χ3v) is 5.20. The maximum absolute atomic E-state index is 13.0. The van der Waals surface area contributed by atoms with Crippen LogP contribution in [0.5, 0.6) is 0 Å². The van der Waals surface area contributed by atoms with Crippen molar-refractivity contribution in [2.45, 2.75) is 39.2 Å². The number of rotatable bonds is 9. The molecule has 3 amide bonds. The molecule has 0 spiro atoms. The van der Waals surface area contributed by atoms with E-state index >= 15 is 0 Å². The van der Waals surface area contributed by atoms with Gasteiger partial charge in [-0.1, -0.05) is 13.8 Å². The van der Waals surface area contributed by atoms with E-state index in [-0.39, 0.29) is 23.7 Å². The minimum absolute atomic E-state index is 0.0923. The first-order chi connectivity index (χ1) is 13.8. The van der Waals surface area contributed by atoms with Crippen molar-refractivity contribution < 1.29 is 18.8 Å². The average Bonchev–Trinajstić information content (AvgIpc) is 2.69. The second-order valence-corrected chi connectivity index (χ2v) is 7.89. The number of likely N-dealkylation sites (tertiary alicyclic amines) is 1. The van der Waals surface area contributed by atoms with Gasteiger partial charge in [-0.25, -0.2) is 4.39 Å². The largest absolute Gasteiger partial charge is 0.369 e. The lowest BCUT2D eigenvalue weighted by Gasteiger charge is -2.31. The van der Waals surface area contributed by atoms with Crippen LogP contribution in [0.3, 0.4) is 0 Å². The summed E-state index contributed by atoms with van der Waals surface area (Å²) in [6.45, 7) is 6.57. The minimum atomic E-state index is -0.679. The number of carbonyl (C=O) groups excluding carboxylic acids is 3. The third kappa shape index (κ3) is 7.12. The second kappa shape index (κ2) is 10.9. The number of amides is 3. The van der Waals surface area contributed by atoms with Gasteiger partial charge in [0.05, 0.1) is 5.92 Å². The van der Waals surface area contributed by atoms with Gasteiger partial charge in [-0.3, -0.25) is 14.4 Å². The highest BCUT2D eigenvalue weighted by molar-refractivity contribution is 5.97. The number of hydrogen-bond acceptors (Lipinski definition) is 4. The first-order valence-corrected chi connectivity index (χ1v) is 10.1. The van der Waals surface area contributed by atoms with Gasteiger partial charge in [0.1, 0.15) is 11.9 Å². The lowest BCUT2D eigenvalue weighted by atomic mass is 9.97. The van der Waals surface area contributed by atoms with E-state index in [1.165, 1.54) is 24.3 Å². The van der Waals surface area contributed by atoms with Gasteiger partial charge in [0.25, 0.3) is 5.91 Å². The normalized spacial score (nSPS) is 18.3. The van der Waals surface area contributed by atoms with Crippen molar-refractivity contribution in [1.29, 1.82) is 0 Å². The predicted molar refractivity (Wildman–Crippen MR) is 108 cm³/mol. The smallest absolute Gasteiger partial charge is 0.251 e. The van der Waals surface area contributed by atoms with Crippen molar-refractivity contribution in [1.82, 2.24) is 15.5 Å². The van der Waals surface area contributed by atoms with Gasteiger partial charge in [0.2, 0.25) is 11.8 Å². The van der Waals surface area contributed by atoms with E-state index < -0.39 is 17.8 Å². The average molecular weight is 407 g/mol. The van der Waals surface area contributed by atoms with E-state index in [1.54, 1.807) is 0 Å². The molecule has 1 aromatic carbocycles. The van der Waals surface area contributed by atoms with E-state index in [0.717, 1.165) is 32.4 Å². The lowest BCUT2D eigenvalue weighted by Crippen LogP contribution is -2.50. The summed E-state index contributed by atoms with van der Waals surface area (Å²) in [6, 6.07) is 4.52. The highest BCUT2D eigenvalue weighted by atomic mass is 19.1. The molecule has 1 saturated heterocycles. The van der Waals surface area contributed by atoms with Crippen molar-refractivity contribution in [2.75, 3.05) is 26.2 Å². The third-order valence-electron chi connectivity index (χ3n) is 5.20. The Bertz CT molecular complexity index is 708. The van der Waals surface area contributed by atoms with Crippen molar-refractivity contribution >= 4 is 17.7 Å². The van der Waals surface area contributed by atoms with Crippen LogP contribution < -0.4 is 16.4 Å². The van der Waals surface area contributed by atoms with Gasteiger partial charge in [0, 0.05) is 18.7 Å². The lowest BCUT2D eigenvalue weighted by molar-refractivity contribution is -0.124. The molecule has 7 nitrogen and oxygen atoms in total. The Morgan fingerprint density at radius 1 is 1.24 bits per heavy atom. The van der Waals surface area contributed by atoms with E-state index in [4.69, 9.17) is 5.73 Å². The summed E-state index contributed by atoms with van der Waals surface area (Å²) < 4.78 is 13.0. The fourth-order valence-electron chi connectivity index (χ4n) is 3.48. The molecule has 0 radical (unpaired) electrons. The van der Waals surface area contributed by atoms with E-state index in [0.29, 0.717) is 18.7 Å². The Kier molecular flexibility index (Phi) is 8.57. The molecule has 8 heteroatoms. The van der Waals surface area contributed by atoms with Gasteiger partial charge in [-0.2, -0.15) is 0 Å². The summed E-state index contributed by atoms with van der Waals surface area (Å²) in [7, 11) is 0. The fourth-order valence-corrected chi connectivity index (χ4v) is 3.48. The zero-order valence-corrected chi connectivity index (χ0v) is 17.1. The van der Waals surface area contributed by atoms with Gasteiger partial charge in [-0.15, -0.1) is 0 Å². The molecule has 0 aliphatic carbocycles. The van der Waals surface area contributed by atoms with Gasteiger partial charge in [0.15, 0.2) is 0 Å². The predicted octanol–water partition coefficient (Wildman–Crippen LogP) is 1.28. The molecule has 160 valence electrons. The Labute approximate surface area is 171 Å². The molecule has 1 aromatic rings. The molecular weight excluding hydrogens is 375 g/mol. The van der Waals surface area contributed by atoms with Crippen LogP contribution >= 0.6 is 0 Å². The molecule has 29 heavy (non-hydrogen) atoms. The summed E-state index contributed by atoms with van der Waals surface area (Å²) >= 11 is 0. The number of primary amides is 1. The van der Waals surface area contributed by atoms with Crippen LogP contribution in [0.1, 0.15) is 43.5 Å². The number of nitrogens with zero attached hydrogens (tertiary/aromatic N) is 1. The summed E-state index contributed by atoms with van der Waals surface area (Å²) in [4.78, 5) is 38.4. The monoisotopic (exact) mass is 406 g/mol. The molecule has 1 aliphatic heterocycles. The Balaban J connectivity index is 1.78. The summed E-state index contributed by atoms with van der Waals surface area (Å²) in [5, 5.41) is 5.60. The Morgan fingerprint density at radius 2 is 1.93 bits per heavy atom. The fraction of sp³-hybridized carbons (Fsp3) is 0.571. The van der Waals surface area contributed by atoms with Crippen molar-refractivity contribution in [3.8, 4) is 0 Å². The zero-order valence-electron chi connectivity index (χ0n) is 17.1. The summed E-state index contributed by atoms with van der Waals surface area (Å²) in [6.07, 6.45) is 2.53. The van der Waals surface area contributed by atoms with Crippen molar-refractivity contribution in [3.05, 3.63) is 35.6 Å². The highest BCUT2D eigenvalue weighted by Gasteiger charge is 2.25. The van der Waals surface area contributed by atoms with Crippen LogP contribution in [0, 0.1) is 17.7 Å². The van der Waals surface area contributed by atoms with Crippen LogP contribution in [0.2, 0.25) is 0 Å². The van der Waals surface area contributed by atoms with E-state index in [1.807, 2.05) is 13.8 Å². The number of nitrogens with two attached hydrogens (primary N) is 1. The summed E-state index contributed by atoms with van der Waals surface area (Å²) in [5.74, 6) is -1.52. The molecule has 2 atom stereocenters. The molecule has 0 saturated carbocycles. The zero-order chi connectivity index (χ0) is 21.4. The molecule has 1 fully saturated rings. The number of nitrogens with one attached hydrogen (secondary N) is 2. The van der Waals surface area contributed by atoms with Crippen LogP contribution in [0.15, 0.2) is 24.3 Å². The van der Waals surface area contributed by atoms with E-state index in [2.05, 4.69) is 15.5 Å². The second-order valence-electron chi connectivity index (χ2n) is 7.89. The highest BCUT2D eigenvalue weighted by Crippen LogP contribution is 2.16. The maximum Gasteiger partial charge on any atom is 0.251 e. The van der Waals surface area contributed by atoms with E-state index in [9.17, 15) is 18.8 Å². The minimum Gasteiger partial charge on any atom is -0.369 e. The first-order valence-electron chi connectivity index (χ1n) is 10.1. The summed E-state index contributed by atoms with van der Waals surface area (Å²) in [5.41, 5.74) is 5.70. The maximum atomic E-state index is 13.0.